The summed E-state index contributed by atoms with van der Waals surface area (Å²) in [7, 11) is 0. The van der Waals surface area contributed by atoms with Gasteiger partial charge in [-0.1, -0.05) is 13.0 Å². The molecule has 4 heteroatoms. The first kappa shape index (κ1) is 15.2. The van der Waals surface area contributed by atoms with Gasteiger partial charge in [0.1, 0.15) is 5.75 Å². The largest absolute Gasteiger partial charge is 0.494 e. The Balaban J connectivity index is 2.04. The summed E-state index contributed by atoms with van der Waals surface area (Å²) in [5.74, 6) is 1.91. The van der Waals surface area contributed by atoms with Crippen LogP contribution in [0.5, 0.6) is 5.75 Å². The Labute approximate surface area is 125 Å². The third-order valence-corrected chi connectivity index (χ3v) is 4.01. The van der Waals surface area contributed by atoms with Crippen molar-refractivity contribution < 1.29 is 9.53 Å². The molecule has 1 aromatic carbocycles. The van der Waals surface area contributed by atoms with Gasteiger partial charge in [-0.15, -0.1) is 11.6 Å². The Hall–Kier alpha value is -1.22. The molecule has 0 N–H and O–H groups in total. The Kier molecular flexibility index (Phi) is 5.72. The minimum Gasteiger partial charge on any atom is -0.494 e. The van der Waals surface area contributed by atoms with Crippen LogP contribution in [0.25, 0.3) is 0 Å². The van der Waals surface area contributed by atoms with Gasteiger partial charge in [0.25, 0.3) is 5.91 Å². The fourth-order valence-electron chi connectivity index (χ4n) is 2.50. The summed E-state index contributed by atoms with van der Waals surface area (Å²) in [6.07, 6.45) is 3.11. The van der Waals surface area contributed by atoms with E-state index in [4.69, 9.17) is 16.3 Å². The Bertz CT molecular complexity index is 450. The number of benzene rings is 1. The van der Waals surface area contributed by atoms with Gasteiger partial charge in [-0.25, -0.2) is 0 Å². The van der Waals surface area contributed by atoms with Crippen LogP contribution in [0.3, 0.4) is 0 Å². The molecule has 1 saturated heterocycles. The molecule has 3 nitrogen and oxygen atoms in total. The number of hydrogen-bond acceptors (Lipinski definition) is 2. The second-order valence-corrected chi connectivity index (χ2v) is 5.60. The number of nitrogens with zero attached hydrogens (tertiary/aromatic N) is 1. The predicted octanol–water partition coefficient (Wildman–Crippen LogP) is 3.57. The van der Waals surface area contributed by atoms with Crippen molar-refractivity contribution in [2.24, 2.45) is 5.92 Å². The molecule has 110 valence electrons. The summed E-state index contributed by atoms with van der Waals surface area (Å²) in [4.78, 5) is 14.4. The van der Waals surface area contributed by atoms with Crippen molar-refractivity contribution in [3.63, 3.8) is 0 Å². The molecule has 2 rings (SSSR count). The van der Waals surface area contributed by atoms with Crippen LogP contribution < -0.4 is 4.74 Å². The standard InChI is InChI=1S/C16H22ClNO2/c1-2-9-20-15-7-3-6-14(10-15)16(19)18-8-4-5-13(11-17)12-18/h3,6-7,10,13H,2,4-5,8-9,11-12H2,1H3. The number of likely N-dealkylation sites (tertiary alicyclic amines) is 1. The number of amides is 1. The highest BCUT2D eigenvalue weighted by Gasteiger charge is 2.24. The fraction of sp³-hybridized carbons (Fsp3) is 0.562. The summed E-state index contributed by atoms with van der Waals surface area (Å²) >= 11 is 5.92. The van der Waals surface area contributed by atoms with Crippen molar-refractivity contribution in [1.82, 2.24) is 4.90 Å². The number of carbonyl (C=O) groups is 1. The first-order chi connectivity index (χ1) is 9.74. The average molecular weight is 296 g/mol. The maximum absolute atomic E-state index is 12.5. The van der Waals surface area contributed by atoms with E-state index in [0.29, 0.717) is 24.0 Å². The minimum absolute atomic E-state index is 0.0850. The lowest BCUT2D eigenvalue weighted by atomic mass is 9.99. The Morgan fingerprint density at radius 2 is 2.35 bits per heavy atom. The van der Waals surface area contributed by atoms with Gasteiger partial charge in [-0.3, -0.25) is 4.79 Å². The number of carbonyl (C=O) groups excluding carboxylic acids is 1. The van der Waals surface area contributed by atoms with Crippen LogP contribution in [-0.2, 0) is 0 Å². The average Bonchev–Trinajstić information content (AvgIpc) is 2.52. The van der Waals surface area contributed by atoms with E-state index in [1.807, 2.05) is 29.2 Å². The molecule has 1 heterocycles. The first-order valence-electron chi connectivity index (χ1n) is 7.32. The molecular weight excluding hydrogens is 274 g/mol. The van der Waals surface area contributed by atoms with E-state index < -0.39 is 0 Å². The number of rotatable bonds is 5. The third-order valence-electron chi connectivity index (χ3n) is 3.58. The summed E-state index contributed by atoms with van der Waals surface area (Å²) < 4.78 is 5.58. The summed E-state index contributed by atoms with van der Waals surface area (Å²) in [6.45, 7) is 4.33. The fourth-order valence-corrected chi connectivity index (χ4v) is 2.75. The van der Waals surface area contributed by atoms with E-state index in [2.05, 4.69) is 6.92 Å². The quantitative estimate of drug-likeness (QED) is 0.777. The van der Waals surface area contributed by atoms with Crippen molar-refractivity contribution in [2.75, 3.05) is 25.6 Å². The number of piperidine rings is 1. The number of ether oxygens (including phenoxy) is 1. The normalized spacial score (nSPS) is 18.9. The van der Waals surface area contributed by atoms with Crippen molar-refractivity contribution in [3.8, 4) is 5.75 Å². The van der Waals surface area contributed by atoms with E-state index >= 15 is 0 Å². The SMILES string of the molecule is CCCOc1cccc(C(=O)N2CCCC(CCl)C2)c1. The van der Waals surface area contributed by atoms with Gasteiger partial charge in [0.2, 0.25) is 0 Å². The van der Waals surface area contributed by atoms with Gasteiger partial charge in [-0.05, 0) is 43.4 Å². The molecule has 0 aliphatic carbocycles. The Morgan fingerprint density at radius 1 is 1.50 bits per heavy atom. The second-order valence-electron chi connectivity index (χ2n) is 5.29. The van der Waals surface area contributed by atoms with E-state index in [-0.39, 0.29) is 5.91 Å². The molecule has 0 radical (unpaired) electrons. The molecule has 20 heavy (non-hydrogen) atoms. The van der Waals surface area contributed by atoms with Crippen LogP contribution in [-0.4, -0.2) is 36.4 Å². The zero-order chi connectivity index (χ0) is 14.4. The number of alkyl halides is 1. The summed E-state index contributed by atoms with van der Waals surface area (Å²) in [5.41, 5.74) is 0.703. The first-order valence-corrected chi connectivity index (χ1v) is 7.86. The van der Waals surface area contributed by atoms with Gasteiger partial charge >= 0.3 is 0 Å². The van der Waals surface area contributed by atoms with Crippen LogP contribution in [0.1, 0.15) is 36.5 Å². The van der Waals surface area contributed by atoms with Crippen LogP contribution in [0.15, 0.2) is 24.3 Å². The molecular formula is C16H22ClNO2. The summed E-state index contributed by atoms with van der Waals surface area (Å²) in [5, 5.41) is 0. The molecule has 1 atom stereocenters. The van der Waals surface area contributed by atoms with Gasteiger partial charge in [-0.2, -0.15) is 0 Å². The molecule has 0 bridgehead atoms. The smallest absolute Gasteiger partial charge is 0.253 e. The predicted molar refractivity (Wildman–Crippen MR) is 81.6 cm³/mol. The third kappa shape index (κ3) is 3.89. The lowest BCUT2D eigenvalue weighted by Crippen LogP contribution is -2.40. The lowest BCUT2D eigenvalue weighted by Gasteiger charge is -2.32. The molecule has 0 saturated carbocycles. The van der Waals surface area contributed by atoms with Crippen LogP contribution in [0.2, 0.25) is 0 Å². The van der Waals surface area contributed by atoms with Gasteiger partial charge in [0.05, 0.1) is 6.61 Å². The van der Waals surface area contributed by atoms with E-state index in [1.54, 1.807) is 0 Å². The topological polar surface area (TPSA) is 29.5 Å². The van der Waals surface area contributed by atoms with E-state index in [1.165, 1.54) is 0 Å². The van der Waals surface area contributed by atoms with Crippen molar-refractivity contribution in [3.05, 3.63) is 29.8 Å². The zero-order valence-corrected chi connectivity index (χ0v) is 12.7. The lowest BCUT2D eigenvalue weighted by molar-refractivity contribution is 0.0684. The van der Waals surface area contributed by atoms with Crippen molar-refractivity contribution in [2.45, 2.75) is 26.2 Å². The van der Waals surface area contributed by atoms with Gasteiger partial charge in [0.15, 0.2) is 0 Å². The van der Waals surface area contributed by atoms with Gasteiger partial charge < -0.3 is 9.64 Å². The minimum atomic E-state index is 0.0850. The maximum atomic E-state index is 12.5. The monoisotopic (exact) mass is 295 g/mol. The zero-order valence-electron chi connectivity index (χ0n) is 12.0. The number of hydrogen-bond donors (Lipinski definition) is 0. The maximum Gasteiger partial charge on any atom is 0.253 e. The highest BCUT2D eigenvalue weighted by atomic mass is 35.5. The van der Waals surface area contributed by atoms with Crippen molar-refractivity contribution in [1.29, 1.82) is 0 Å². The highest BCUT2D eigenvalue weighted by Crippen LogP contribution is 2.21. The number of halogens is 1. The summed E-state index contributed by atoms with van der Waals surface area (Å²) in [6, 6.07) is 7.46. The molecule has 1 aliphatic rings. The molecule has 1 amide bonds. The van der Waals surface area contributed by atoms with Crippen LogP contribution in [0, 0.1) is 5.92 Å². The molecule has 1 fully saturated rings. The molecule has 1 unspecified atom stereocenters. The second kappa shape index (κ2) is 7.53. The Morgan fingerprint density at radius 3 is 3.10 bits per heavy atom. The highest BCUT2D eigenvalue weighted by molar-refractivity contribution is 6.18. The van der Waals surface area contributed by atoms with Crippen molar-refractivity contribution >= 4 is 17.5 Å². The molecule has 0 aromatic heterocycles. The van der Waals surface area contributed by atoms with Crippen LogP contribution in [0.4, 0.5) is 0 Å². The molecule has 1 aliphatic heterocycles. The van der Waals surface area contributed by atoms with E-state index in [9.17, 15) is 4.79 Å². The van der Waals surface area contributed by atoms with Gasteiger partial charge in [0, 0.05) is 24.5 Å². The molecule has 0 spiro atoms. The van der Waals surface area contributed by atoms with E-state index in [0.717, 1.165) is 38.1 Å². The van der Waals surface area contributed by atoms with Crippen LogP contribution >= 0.6 is 11.6 Å². The molecule has 1 aromatic rings.